The second-order valence-corrected chi connectivity index (χ2v) is 7.50. The van der Waals surface area contributed by atoms with E-state index in [1.807, 2.05) is 16.8 Å². The lowest BCUT2D eigenvalue weighted by molar-refractivity contribution is 0.104. The monoisotopic (exact) mass is 321 g/mol. The van der Waals surface area contributed by atoms with Crippen molar-refractivity contribution in [2.45, 2.75) is 4.90 Å². The Morgan fingerprint density at radius 3 is 2.62 bits per heavy atom. The van der Waals surface area contributed by atoms with Crippen molar-refractivity contribution in [2.24, 2.45) is 0 Å². The van der Waals surface area contributed by atoms with Gasteiger partial charge in [0, 0.05) is 19.7 Å². The van der Waals surface area contributed by atoms with Crippen LogP contribution >= 0.6 is 11.3 Å². The van der Waals surface area contributed by atoms with Gasteiger partial charge in [-0.3, -0.25) is 4.79 Å². The first-order valence-corrected chi connectivity index (χ1v) is 8.57. The van der Waals surface area contributed by atoms with E-state index in [4.69, 9.17) is 0 Å². The number of carbonyl (C=O) groups excluding carboxylic acids is 1. The summed E-state index contributed by atoms with van der Waals surface area (Å²) in [5, 5.41) is 3.85. The van der Waals surface area contributed by atoms with E-state index >= 15 is 0 Å². The Kier molecular flexibility index (Phi) is 4.72. The molecular formula is C15H15NO3S2. The topological polar surface area (TPSA) is 54.5 Å². The summed E-state index contributed by atoms with van der Waals surface area (Å²) in [6.07, 6.45) is 3.16. The molecule has 1 heterocycles. The molecular weight excluding hydrogens is 306 g/mol. The summed E-state index contributed by atoms with van der Waals surface area (Å²) in [5.41, 5.74) is 1.30. The fraction of sp³-hybridized carbons (Fsp3) is 0.133. The molecule has 0 N–H and O–H groups in total. The highest BCUT2D eigenvalue weighted by molar-refractivity contribution is 7.89. The van der Waals surface area contributed by atoms with Crippen molar-refractivity contribution in [3.8, 4) is 0 Å². The van der Waals surface area contributed by atoms with E-state index in [1.165, 1.54) is 32.3 Å². The molecule has 0 bridgehead atoms. The number of carbonyl (C=O) groups is 1. The van der Waals surface area contributed by atoms with Gasteiger partial charge in [0.25, 0.3) is 0 Å². The number of sulfonamides is 1. The van der Waals surface area contributed by atoms with Gasteiger partial charge < -0.3 is 0 Å². The van der Waals surface area contributed by atoms with Gasteiger partial charge in [-0.05, 0) is 40.6 Å². The van der Waals surface area contributed by atoms with E-state index in [0.717, 1.165) is 9.87 Å². The van der Waals surface area contributed by atoms with Gasteiger partial charge in [0.15, 0.2) is 5.78 Å². The van der Waals surface area contributed by atoms with Crippen LogP contribution < -0.4 is 0 Å². The lowest BCUT2D eigenvalue weighted by Crippen LogP contribution is -2.22. The summed E-state index contributed by atoms with van der Waals surface area (Å²) in [7, 11) is -0.615. The maximum atomic E-state index is 12.1. The number of thiophene rings is 1. The van der Waals surface area contributed by atoms with E-state index < -0.39 is 10.0 Å². The SMILES string of the molecule is CN(C)S(=O)(=O)c1cccc(C(=O)C=Cc2ccsc2)c1. The van der Waals surface area contributed by atoms with Crippen molar-refractivity contribution >= 4 is 33.2 Å². The van der Waals surface area contributed by atoms with Crippen LogP contribution in [0.2, 0.25) is 0 Å². The van der Waals surface area contributed by atoms with Crippen LogP contribution in [0.3, 0.4) is 0 Å². The van der Waals surface area contributed by atoms with Crippen LogP contribution in [-0.2, 0) is 10.0 Å². The number of rotatable bonds is 5. The van der Waals surface area contributed by atoms with Crippen molar-refractivity contribution in [1.82, 2.24) is 4.31 Å². The second kappa shape index (κ2) is 6.34. The molecule has 0 aliphatic rings. The lowest BCUT2D eigenvalue weighted by Gasteiger charge is -2.11. The molecule has 0 saturated heterocycles. The molecule has 0 spiro atoms. The normalized spacial score (nSPS) is 12.1. The zero-order valence-corrected chi connectivity index (χ0v) is 13.3. The first-order chi connectivity index (χ1) is 9.91. The average Bonchev–Trinajstić information content (AvgIpc) is 2.98. The second-order valence-electron chi connectivity index (χ2n) is 4.57. The predicted octanol–water partition coefficient (Wildman–Crippen LogP) is 2.89. The van der Waals surface area contributed by atoms with Gasteiger partial charge in [-0.25, -0.2) is 12.7 Å². The Morgan fingerprint density at radius 1 is 1.24 bits per heavy atom. The molecule has 6 heteroatoms. The molecule has 1 aromatic heterocycles. The number of hydrogen-bond acceptors (Lipinski definition) is 4. The van der Waals surface area contributed by atoms with E-state index in [9.17, 15) is 13.2 Å². The van der Waals surface area contributed by atoms with Crippen LogP contribution in [0, 0.1) is 0 Å². The van der Waals surface area contributed by atoms with Crippen LogP contribution in [0.1, 0.15) is 15.9 Å². The fourth-order valence-corrected chi connectivity index (χ4v) is 3.24. The summed E-state index contributed by atoms with van der Waals surface area (Å²) < 4.78 is 25.2. The molecule has 0 amide bonds. The van der Waals surface area contributed by atoms with Crippen LogP contribution in [0.4, 0.5) is 0 Å². The molecule has 0 atom stereocenters. The van der Waals surface area contributed by atoms with Crippen LogP contribution in [0.25, 0.3) is 6.08 Å². The lowest BCUT2D eigenvalue weighted by atomic mass is 10.1. The van der Waals surface area contributed by atoms with E-state index in [0.29, 0.717) is 5.56 Å². The molecule has 0 unspecified atom stereocenters. The van der Waals surface area contributed by atoms with Crippen molar-refractivity contribution in [2.75, 3.05) is 14.1 Å². The Labute approximate surface area is 128 Å². The summed E-state index contributed by atoms with van der Waals surface area (Å²) in [5.74, 6) is -0.225. The predicted molar refractivity (Wildman–Crippen MR) is 85.0 cm³/mol. The third-order valence-corrected chi connectivity index (χ3v) is 5.38. The molecule has 1 aromatic carbocycles. The minimum absolute atomic E-state index is 0.113. The van der Waals surface area contributed by atoms with Crippen LogP contribution in [0.5, 0.6) is 0 Å². The maximum Gasteiger partial charge on any atom is 0.242 e. The quantitative estimate of drug-likeness (QED) is 0.628. The zero-order chi connectivity index (χ0) is 15.5. The van der Waals surface area contributed by atoms with Gasteiger partial charge in [-0.2, -0.15) is 11.3 Å². The highest BCUT2D eigenvalue weighted by atomic mass is 32.2. The molecule has 110 valence electrons. The fourth-order valence-electron chi connectivity index (χ4n) is 1.66. The number of benzene rings is 1. The van der Waals surface area contributed by atoms with E-state index in [2.05, 4.69) is 0 Å². The third kappa shape index (κ3) is 3.66. The first kappa shape index (κ1) is 15.6. The standard InChI is InChI=1S/C15H15NO3S2/c1-16(2)21(18,19)14-5-3-4-13(10-14)15(17)7-6-12-8-9-20-11-12/h3-11H,1-2H3. The van der Waals surface area contributed by atoms with Gasteiger partial charge in [-0.1, -0.05) is 18.2 Å². The summed E-state index contributed by atoms with van der Waals surface area (Å²) in [6, 6.07) is 7.96. The minimum atomic E-state index is -3.53. The number of hydrogen-bond donors (Lipinski definition) is 0. The van der Waals surface area contributed by atoms with Crippen molar-refractivity contribution in [1.29, 1.82) is 0 Å². The maximum absolute atomic E-state index is 12.1. The van der Waals surface area contributed by atoms with Gasteiger partial charge in [0.05, 0.1) is 4.90 Å². The molecule has 4 nitrogen and oxygen atoms in total. The largest absolute Gasteiger partial charge is 0.289 e. The van der Waals surface area contributed by atoms with Crippen molar-refractivity contribution < 1.29 is 13.2 Å². The Hall–Kier alpha value is -1.76. The van der Waals surface area contributed by atoms with Crippen LogP contribution in [-0.4, -0.2) is 32.6 Å². The first-order valence-electron chi connectivity index (χ1n) is 6.18. The van der Waals surface area contributed by atoms with Gasteiger partial charge in [-0.15, -0.1) is 0 Å². The Bertz CT molecular complexity index is 760. The minimum Gasteiger partial charge on any atom is -0.289 e. The van der Waals surface area contributed by atoms with Gasteiger partial charge in [0.2, 0.25) is 10.0 Å². The van der Waals surface area contributed by atoms with Gasteiger partial charge >= 0.3 is 0 Å². The summed E-state index contributed by atoms with van der Waals surface area (Å²) >= 11 is 1.55. The smallest absolute Gasteiger partial charge is 0.242 e. The van der Waals surface area contributed by atoms with E-state index in [-0.39, 0.29) is 10.7 Å². The number of ketones is 1. The molecule has 2 rings (SSSR count). The zero-order valence-electron chi connectivity index (χ0n) is 11.7. The van der Waals surface area contributed by atoms with Gasteiger partial charge in [0.1, 0.15) is 0 Å². The molecule has 0 aliphatic heterocycles. The van der Waals surface area contributed by atoms with Crippen molar-refractivity contribution in [3.05, 3.63) is 58.3 Å². The van der Waals surface area contributed by atoms with Crippen molar-refractivity contribution in [3.63, 3.8) is 0 Å². The molecule has 0 aliphatic carbocycles. The summed E-state index contributed by atoms with van der Waals surface area (Å²) in [6.45, 7) is 0. The molecule has 0 fully saturated rings. The third-order valence-electron chi connectivity index (χ3n) is 2.87. The highest BCUT2D eigenvalue weighted by Gasteiger charge is 2.18. The highest BCUT2D eigenvalue weighted by Crippen LogP contribution is 2.16. The molecule has 0 saturated carbocycles. The van der Waals surface area contributed by atoms with E-state index in [1.54, 1.807) is 29.5 Å². The summed E-state index contributed by atoms with van der Waals surface area (Å²) in [4.78, 5) is 12.2. The number of allylic oxidation sites excluding steroid dienone is 1. The molecule has 0 radical (unpaired) electrons. The number of nitrogens with zero attached hydrogens (tertiary/aromatic N) is 1. The molecule has 2 aromatic rings. The Balaban J connectivity index is 2.27. The average molecular weight is 321 g/mol. The van der Waals surface area contributed by atoms with Crippen LogP contribution in [0.15, 0.2) is 52.1 Å². The Morgan fingerprint density at radius 2 is 2.00 bits per heavy atom. The molecule has 21 heavy (non-hydrogen) atoms.